The maximum atomic E-state index is 10.9. The number of aliphatic hydroxyl groups excluding tert-OH is 1. The quantitative estimate of drug-likeness (QED) is 0.266. The zero-order valence-corrected chi connectivity index (χ0v) is 20.1. The number of aliphatic hydroxyl groups is 1. The van der Waals surface area contributed by atoms with Crippen molar-refractivity contribution in [2.75, 3.05) is 19.0 Å². The molecule has 4 aromatic carbocycles. The molecule has 0 aliphatic carbocycles. The maximum Gasteiger partial charge on any atom is 0.341 e. The standard InChI is InChI=1S/C29H28O5S/c30-24(17-34-29(21-9-3-1-4-10-21)22-11-5-2-6-12-22)20-35-19-23-13-7-15-26-25(23)14-8-16-27(26)33-18-28(31)32/h1-16,24,29-30H,17-20H2,(H,31,32). The number of thioether (sulfide) groups is 1. The Kier molecular flexibility index (Phi) is 8.79. The Balaban J connectivity index is 1.35. The molecule has 6 heteroatoms. The summed E-state index contributed by atoms with van der Waals surface area (Å²) in [5.74, 6) is 0.782. The van der Waals surface area contributed by atoms with Gasteiger partial charge in [0.2, 0.25) is 0 Å². The average molecular weight is 489 g/mol. The van der Waals surface area contributed by atoms with Crippen molar-refractivity contribution in [2.45, 2.75) is 18.0 Å². The largest absolute Gasteiger partial charge is 0.481 e. The number of ether oxygens (including phenoxy) is 2. The third-order valence-corrected chi connectivity index (χ3v) is 6.69. The van der Waals surface area contributed by atoms with E-state index in [1.165, 1.54) is 0 Å². The first-order valence-corrected chi connectivity index (χ1v) is 12.6. The Morgan fingerprint density at radius 3 is 2.09 bits per heavy atom. The van der Waals surface area contributed by atoms with Gasteiger partial charge in [-0.2, -0.15) is 11.8 Å². The van der Waals surface area contributed by atoms with Crippen molar-refractivity contribution in [1.82, 2.24) is 0 Å². The predicted molar refractivity (Wildman–Crippen MR) is 140 cm³/mol. The van der Waals surface area contributed by atoms with Crippen molar-refractivity contribution in [3.63, 3.8) is 0 Å². The molecule has 0 saturated carbocycles. The first-order valence-electron chi connectivity index (χ1n) is 11.4. The molecule has 35 heavy (non-hydrogen) atoms. The molecule has 0 fully saturated rings. The van der Waals surface area contributed by atoms with Crippen LogP contribution in [0.15, 0.2) is 97.1 Å². The third-order valence-electron chi connectivity index (χ3n) is 5.55. The summed E-state index contributed by atoms with van der Waals surface area (Å²) in [5, 5.41) is 21.4. The van der Waals surface area contributed by atoms with Gasteiger partial charge in [-0.3, -0.25) is 0 Å². The van der Waals surface area contributed by atoms with Gasteiger partial charge in [0.05, 0.1) is 12.7 Å². The second-order valence-electron chi connectivity index (χ2n) is 8.15. The molecule has 0 aliphatic rings. The summed E-state index contributed by atoms with van der Waals surface area (Å²) < 4.78 is 11.6. The highest BCUT2D eigenvalue weighted by Crippen LogP contribution is 2.30. The van der Waals surface area contributed by atoms with Crippen LogP contribution < -0.4 is 4.74 Å². The maximum absolute atomic E-state index is 10.9. The lowest BCUT2D eigenvalue weighted by atomic mass is 10.0. The molecule has 0 spiro atoms. The summed E-state index contributed by atoms with van der Waals surface area (Å²) in [6.07, 6.45) is -0.848. The molecule has 0 aliphatic heterocycles. The molecule has 0 heterocycles. The molecule has 4 aromatic rings. The molecular formula is C29H28O5S. The summed E-state index contributed by atoms with van der Waals surface area (Å²) in [6.45, 7) is -0.151. The van der Waals surface area contributed by atoms with Crippen LogP contribution in [-0.4, -0.2) is 41.3 Å². The molecule has 0 amide bonds. The highest BCUT2D eigenvalue weighted by atomic mass is 32.2. The van der Waals surface area contributed by atoms with Crippen molar-refractivity contribution in [2.24, 2.45) is 0 Å². The Morgan fingerprint density at radius 2 is 1.43 bits per heavy atom. The molecule has 4 rings (SSSR count). The highest BCUT2D eigenvalue weighted by molar-refractivity contribution is 7.98. The third kappa shape index (κ3) is 6.85. The molecule has 0 bridgehead atoms. The van der Waals surface area contributed by atoms with Crippen LogP contribution in [0.25, 0.3) is 10.8 Å². The van der Waals surface area contributed by atoms with Gasteiger partial charge in [-0.1, -0.05) is 91.0 Å². The van der Waals surface area contributed by atoms with Crippen LogP contribution in [0.2, 0.25) is 0 Å². The van der Waals surface area contributed by atoms with Gasteiger partial charge >= 0.3 is 5.97 Å². The van der Waals surface area contributed by atoms with Crippen molar-refractivity contribution < 1.29 is 24.5 Å². The van der Waals surface area contributed by atoms with Crippen molar-refractivity contribution in [1.29, 1.82) is 0 Å². The molecule has 0 aromatic heterocycles. The van der Waals surface area contributed by atoms with E-state index in [2.05, 4.69) is 0 Å². The van der Waals surface area contributed by atoms with Crippen LogP contribution in [-0.2, 0) is 15.3 Å². The molecular weight excluding hydrogens is 460 g/mol. The number of fused-ring (bicyclic) bond motifs is 1. The predicted octanol–water partition coefficient (Wildman–Crippen LogP) is 5.70. The summed E-state index contributed by atoms with van der Waals surface area (Å²) >= 11 is 1.63. The molecule has 1 atom stereocenters. The van der Waals surface area contributed by atoms with Crippen molar-refractivity contribution in [3.05, 3.63) is 114 Å². The van der Waals surface area contributed by atoms with Crippen LogP contribution in [0.4, 0.5) is 0 Å². The van der Waals surface area contributed by atoms with Crippen molar-refractivity contribution >= 4 is 28.5 Å². The van der Waals surface area contributed by atoms with Crippen LogP contribution in [0.1, 0.15) is 22.8 Å². The fourth-order valence-electron chi connectivity index (χ4n) is 3.94. The van der Waals surface area contributed by atoms with Gasteiger partial charge < -0.3 is 19.7 Å². The Bertz CT molecular complexity index is 1190. The highest BCUT2D eigenvalue weighted by Gasteiger charge is 2.17. The van der Waals surface area contributed by atoms with Crippen LogP contribution in [0.3, 0.4) is 0 Å². The number of benzene rings is 4. The van der Waals surface area contributed by atoms with Crippen LogP contribution in [0.5, 0.6) is 5.75 Å². The Morgan fingerprint density at radius 1 is 0.800 bits per heavy atom. The number of hydrogen-bond donors (Lipinski definition) is 2. The zero-order chi connectivity index (χ0) is 24.5. The number of carboxylic acids is 1. The molecule has 2 N–H and O–H groups in total. The van der Waals surface area contributed by atoms with Gasteiger partial charge in [0, 0.05) is 16.9 Å². The SMILES string of the molecule is O=C(O)COc1cccc2c(CSCC(O)COC(c3ccccc3)c3ccccc3)cccc12. The summed E-state index contributed by atoms with van der Waals surface area (Å²) in [5.41, 5.74) is 3.21. The number of carbonyl (C=O) groups is 1. The summed E-state index contributed by atoms with van der Waals surface area (Å²) in [6, 6.07) is 31.6. The zero-order valence-electron chi connectivity index (χ0n) is 19.2. The average Bonchev–Trinajstić information content (AvgIpc) is 2.89. The second kappa shape index (κ2) is 12.4. The first-order chi connectivity index (χ1) is 17.1. The summed E-state index contributed by atoms with van der Waals surface area (Å²) in [4.78, 5) is 10.9. The summed E-state index contributed by atoms with van der Waals surface area (Å²) in [7, 11) is 0. The van der Waals surface area contributed by atoms with Gasteiger partial charge in [-0.25, -0.2) is 4.79 Å². The monoisotopic (exact) mass is 488 g/mol. The number of hydrogen-bond acceptors (Lipinski definition) is 5. The second-order valence-corrected chi connectivity index (χ2v) is 9.18. The minimum absolute atomic E-state index is 0.226. The smallest absolute Gasteiger partial charge is 0.341 e. The van der Waals surface area contributed by atoms with Gasteiger partial charge in [0.15, 0.2) is 6.61 Å². The fourth-order valence-corrected chi connectivity index (χ4v) is 4.90. The molecule has 5 nitrogen and oxygen atoms in total. The van der Waals surface area contributed by atoms with E-state index < -0.39 is 12.1 Å². The van der Waals surface area contributed by atoms with E-state index in [1.807, 2.05) is 91.0 Å². The molecule has 180 valence electrons. The lowest BCUT2D eigenvalue weighted by molar-refractivity contribution is -0.139. The van der Waals surface area contributed by atoms with E-state index in [0.29, 0.717) is 17.3 Å². The lowest BCUT2D eigenvalue weighted by Gasteiger charge is -2.21. The van der Waals surface area contributed by atoms with Gasteiger partial charge in [-0.15, -0.1) is 0 Å². The molecule has 0 saturated heterocycles. The Labute approximate surface area is 209 Å². The number of carboxylic acid groups (broad SMARTS) is 1. The van der Waals surface area contributed by atoms with Crippen LogP contribution >= 0.6 is 11.8 Å². The lowest BCUT2D eigenvalue weighted by Crippen LogP contribution is -2.20. The van der Waals surface area contributed by atoms with Gasteiger partial charge in [0.25, 0.3) is 0 Å². The van der Waals surface area contributed by atoms with Gasteiger partial charge in [0.1, 0.15) is 11.9 Å². The molecule has 0 radical (unpaired) electrons. The van der Waals surface area contributed by atoms with E-state index in [-0.39, 0.29) is 19.3 Å². The van der Waals surface area contributed by atoms with E-state index in [0.717, 1.165) is 27.5 Å². The van der Waals surface area contributed by atoms with E-state index in [9.17, 15) is 9.90 Å². The minimum Gasteiger partial charge on any atom is -0.481 e. The first kappa shape index (κ1) is 24.8. The van der Waals surface area contributed by atoms with Crippen molar-refractivity contribution in [3.8, 4) is 5.75 Å². The topological polar surface area (TPSA) is 76.0 Å². The molecule has 1 unspecified atom stereocenters. The Hall–Kier alpha value is -3.32. The van der Waals surface area contributed by atoms with E-state index in [1.54, 1.807) is 17.8 Å². The number of aliphatic carboxylic acids is 1. The van der Waals surface area contributed by atoms with Crippen LogP contribution in [0, 0.1) is 0 Å². The van der Waals surface area contributed by atoms with Gasteiger partial charge in [-0.05, 0) is 28.1 Å². The normalized spacial score (nSPS) is 12.1. The van der Waals surface area contributed by atoms with E-state index in [4.69, 9.17) is 14.6 Å². The number of rotatable bonds is 12. The fraction of sp³-hybridized carbons (Fsp3) is 0.207. The van der Waals surface area contributed by atoms with E-state index >= 15 is 0 Å². The minimum atomic E-state index is -1.01.